The monoisotopic (exact) mass is 447 g/mol. The molecule has 0 bridgehead atoms. The van der Waals surface area contributed by atoms with Gasteiger partial charge < -0.3 is 19.6 Å². The smallest absolute Gasteiger partial charge is 0.305 e. The minimum Gasteiger partial charge on any atom is -0.481 e. The first-order valence-corrected chi connectivity index (χ1v) is 10.5. The van der Waals surface area contributed by atoms with Gasteiger partial charge in [0.05, 0.1) is 46.8 Å². The van der Waals surface area contributed by atoms with Crippen LogP contribution in [0.4, 0.5) is 13.2 Å². The molecule has 1 amide bonds. The molecule has 0 aliphatic carbocycles. The molecule has 0 fully saturated rings. The zero-order valence-corrected chi connectivity index (χ0v) is 18.6. The number of nitrogens with zero attached hydrogens (tertiary/aromatic N) is 1. The molecule has 0 spiro atoms. The lowest BCUT2D eigenvalue weighted by atomic mass is 10.1. The molecule has 0 heterocycles. The standard InChI is InChI=1S/C22H33F3N2O4/c1-27(2,3)14-17(13-20(29)30)26-19(28)9-7-5-4-6-8-12-31-15-16-10-11-18(23)22(25)21(16)24/h10-11,17H,4-9,12-15H2,1-3H3,(H-,26,28,29,30)/p+1. The molecule has 0 radical (unpaired) electrons. The number of halogens is 3. The van der Waals surface area contributed by atoms with Gasteiger partial charge in [-0.15, -0.1) is 0 Å². The lowest BCUT2D eigenvalue weighted by Crippen LogP contribution is -2.49. The predicted molar refractivity (Wildman–Crippen MR) is 111 cm³/mol. The minimum absolute atomic E-state index is 0.0172. The number of amides is 1. The Morgan fingerprint density at radius 2 is 1.68 bits per heavy atom. The molecule has 0 saturated heterocycles. The van der Waals surface area contributed by atoms with Gasteiger partial charge in [0.15, 0.2) is 17.5 Å². The van der Waals surface area contributed by atoms with E-state index in [-0.39, 0.29) is 24.5 Å². The first-order valence-electron chi connectivity index (χ1n) is 10.5. The molecule has 0 saturated carbocycles. The minimum atomic E-state index is -1.49. The van der Waals surface area contributed by atoms with Crippen molar-refractivity contribution in [2.75, 3.05) is 34.3 Å². The number of quaternary nitrogens is 1. The third-order valence-electron chi connectivity index (χ3n) is 4.62. The van der Waals surface area contributed by atoms with Crippen molar-refractivity contribution in [2.24, 2.45) is 0 Å². The van der Waals surface area contributed by atoms with E-state index in [0.717, 1.165) is 31.7 Å². The van der Waals surface area contributed by atoms with E-state index in [1.165, 1.54) is 6.07 Å². The van der Waals surface area contributed by atoms with Crippen molar-refractivity contribution < 1.29 is 37.1 Å². The summed E-state index contributed by atoms with van der Waals surface area (Å²) < 4.78 is 45.4. The first-order chi connectivity index (χ1) is 14.5. The summed E-state index contributed by atoms with van der Waals surface area (Å²) in [5, 5.41) is 11.8. The van der Waals surface area contributed by atoms with E-state index in [1.807, 2.05) is 21.1 Å². The van der Waals surface area contributed by atoms with Crippen LogP contribution in [0.5, 0.6) is 0 Å². The lowest BCUT2D eigenvalue weighted by Gasteiger charge is -2.29. The number of hydrogen-bond acceptors (Lipinski definition) is 3. The molecule has 0 aliphatic rings. The Labute approximate surface area is 182 Å². The number of carboxylic acids is 1. The van der Waals surface area contributed by atoms with E-state index in [1.54, 1.807) is 0 Å². The number of ether oxygens (including phenoxy) is 1. The van der Waals surface area contributed by atoms with Crippen LogP contribution in [0.1, 0.15) is 50.5 Å². The summed E-state index contributed by atoms with van der Waals surface area (Å²) in [6, 6.07) is 1.64. The highest BCUT2D eigenvalue weighted by Crippen LogP contribution is 2.16. The number of carboxylic acid groups (broad SMARTS) is 1. The van der Waals surface area contributed by atoms with Crippen LogP contribution in [-0.2, 0) is 20.9 Å². The van der Waals surface area contributed by atoms with Gasteiger partial charge >= 0.3 is 5.97 Å². The zero-order valence-electron chi connectivity index (χ0n) is 18.6. The van der Waals surface area contributed by atoms with Crippen molar-refractivity contribution >= 4 is 11.9 Å². The normalized spacial score (nSPS) is 12.6. The highest BCUT2D eigenvalue weighted by atomic mass is 19.2. The third-order valence-corrected chi connectivity index (χ3v) is 4.62. The fraction of sp³-hybridized carbons (Fsp3) is 0.636. The van der Waals surface area contributed by atoms with Crippen LogP contribution in [-0.4, -0.2) is 61.8 Å². The first kappa shape index (κ1) is 26.9. The summed E-state index contributed by atoms with van der Waals surface area (Å²) in [4.78, 5) is 23.1. The van der Waals surface area contributed by atoms with Crippen molar-refractivity contribution in [3.05, 3.63) is 35.1 Å². The fourth-order valence-electron chi connectivity index (χ4n) is 3.21. The number of rotatable bonds is 15. The van der Waals surface area contributed by atoms with Crippen molar-refractivity contribution in [1.82, 2.24) is 5.32 Å². The van der Waals surface area contributed by atoms with E-state index in [4.69, 9.17) is 9.84 Å². The Hall–Kier alpha value is -2.13. The van der Waals surface area contributed by atoms with E-state index < -0.39 is 29.5 Å². The van der Waals surface area contributed by atoms with Crippen LogP contribution >= 0.6 is 0 Å². The fourth-order valence-corrected chi connectivity index (χ4v) is 3.21. The molecule has 176 valence electrons. The largest absolute Gasteiger partial charge is 0.481 e. The maximum Gasteiger partial charge on any atom is 0.305 e. The van der Waals surface area contributed by atoms with Gasteiger partial charge in [-0.25, -0.2) is 13.2 Å². The van der Waals surface area contributed by atoms with Crippen molar-refractivity contribution in [1.29, 1.82) is 0 Å². The molecule has 1 unspecified atom stereocenters. The van der Waals surface area contributed by atoms with Gasteiger partial charge in [0.25, 0.3) is 0 Å². The molecular formula is C22H34F3N2O4+. The number of carbonyl (C=O) groups is 2. The average Bonchev–Trinajstić information content (AvgIpc) is 2.64. The Balaban J connectivity index is 2.14. The zero-order chi connectivity index (χ0) is 23.4. The number of benzene rings is 1. The number of nitrogens with one attached hydrogen (secondary N) is 1. The maximum atomic E-state index is 13.5. The third kappa shape index (κ3) is 11.7. The molecule has 0 aliphatic heterocycles. The molecular weight excluding hydrogens is 413 g/mol. The summed E-state index contributed by atoms with van der Waals surface area (Å²) in [7, 11) is 5.83. The molecule has 6 nitrogen and oxygen atoms in total. The van der Waals surface area contributed by atoms with E-state index in [0.29, 0.717) is 30.5 Å². The molecule has 0 aromatic heterocycles. The topological polar surface area (TPSA) is 75.6 Å². The van der Waals surface area contributed by atoms with Crippen molar-refractivity contribution in [2.45, 2.75) is 57.6 Å². The Kier molecular flexibility index (Phi) is 11.6. The van der Waals surface area contributed by atoms with Gasteiger partial charge in [0, 0.05) is 18.6 Å². The number of unbranched alkanes of at least 4 members (excludes halogenated alkanes) is 4. The van der Waals surface area contributed by atoms with Crippen LogP contribution < -0.4 is 5.32 Å². The number of carbonyl (C=O) groups excluding carboxylic acids is 1. The molecule has 31 heavy (non-hydrogen) atoms. The molecule has 1 aromatic carbocycles. The van der Waals surface area contributed by atoms with E-state index in [2.05, 4.69) is 5.32 Å². The SMILES string of the molecule is C[N+](C)(C)CC(CC(=O)O)NC(=O)CCCCCCCOCc1ccc(F)c(F)c1F. The molecule has 1 rings (SSSR count). The second-order valence-corrected chi connectivity index (χ2v) is 8.74. The average molecular weight is 448 g/mol. The summed E-state index contributed by atoms with van der Waals surface area (Å²) in [5.41, 5.74) is -0.0172. The Morgan fingerprint density at radius 1 is 1.03 bits per heavy atom. The molecule has 1 aromatic rings. The highest BCUT2D eigenvalue weighted by Gasteiger charge is 2.22. The number of hydrogen-bond donors (Lipinski definition) is 2. The maximum absolute atomic E-state index is 13.5. The second kappa shape index (κ2) is 13.3. The lowest BCUT2D eigenvalue weighted by molar-refractivity contribution is -0.871. The van der Waals surface area contributed by atoms with Gasteiger partial charge in [-0.3, -0.25) is 9.59 Å². The van der Waals surface area contributed by atoms with Crippen LogP contribution in [0.2, 0.25) is 0 Å². The Morgan fingerprint density at radius 3 is 2.32 bits per heavy atom. The van der Waals surface area contributed by atoms with Crippen molar-refractivity contribution in [3.63, 3.8) is 0 Å². The number of aliphatic carboxylic acids is 1. The molecule has 1 atom stereocenters. The molecule has 2 N–H and O–H groups in total. The quantitative estimate of drug-likeness (QED) is 0.245. The number of likely N-dealkylation sites (N-methyl/N-ethyl adjacent to an activating group) is 1. The van der Waals surface area contributed by atoms with Crippen LogP contribution in [0.15, 0.2) is 12.1 Å². The van der Waals surface area contributed by atoms with Gasteiger partial charge in [0.1, 0.15) is 0 Å². The van der Waals surface area contributed by atoms with Gasteiger partial charge in [-0.05, 0) is 18.9 Å². The van der Waals surface area contributed by atoms with E-state index in [9.17, 15) is 22.8 Å². The van der Waals surface area contributed by atoms with Crippen LogP contribution in [0.3, 0.4) is 0 Å². The molecule has 9 heteroatoms. The van der Waals surface area contributed by atoms with Gasteiger partial charge in [-0.2, -0.15) is 0 Å². The second-order valence-electron chi connectivity index (χ2n) is 8.74. The highest BCUT2D eigenvalue weighted by molar-refractivity contribution is 5.77. The van der Waals surface area contributed by atoms with Gasteiger partial charge in [0.2, 0.25) is 5.91 Å². The summed E-state index contributed by atoms with van der Waals surface area (Å²) in [6.45, 7) is 0.793. The summed E-state index contributed by atoms with van der Waals surface area (Å²) >= 11 is 0. The van der Waals surface area contributed by atoms with Crippen molar-refractivity contribution in [3.8, 4) is 0 Å². The van der Waals surface area contributed by atoms with Crippen LogP contribution in [0.25, 0.3) is 0 Å². The predicted octanol–water partition coefficient (Wildman–Crippen LogP) is 3.63. The van der Waals surface area contributed by atoms with Crippen LogP contribution in [0, 0.1) is 17.5 Å². The summed E-state index contributed by atoms with van der Waals surface area (Å²) in [5.74, 6) is -5.01. The Bertz CT molecular complexity index is 723. The summed E-state index contributed by atoms with van der Waals surface area (Å²) in [6.07, 6.45) is 4.30. The van der Waals surface area contributed by atoms with E-state index >= 15 is 0 Å². The van der Waals surface area contributed by atoms with Gasteiger partial charge in [-0.1, -0.05) is 25.3 Å².